The van der Waals surface area contributed by atoms with Gasteiger partial charge >= 0.3 is 6.03 Å². The van der Waals surface area contributed by atoms with Crippen molar-refractivity contribution in [3.8, 4) is 0 Å². The highest BCUT2D eigenvalue weighted by Crippen LogP contribution is 2.18. The number of hydrogen-bond acceptors (Lipinski definition) is 2. The fourth-order valence-corrected chi connectivity index (χ4v) is 1.65. The van der Waals surface area contributed by atoms with E-state index in [0.717, 1.165) is 19.3 Å². The lowest BCUT2D eigenvalue weighted by molar-refractivity contribution is -0.0305. The van der Waals surface area contributed by atoms with Crippen LogP contribution in [0.15, 0.2) is 0 Å². The number of rotatable bonds is 7. The van der Waals surface area contributed by atoms with Crippen molar-refractivity contribution in [2.24, 2.45) is 5.73 Å². The summed E-state index contributed by atoms with van der Waals surface area (Å²) in [4.78, 5) is 10.7. The topological polar surface area (TPSA) is 64.3 Å². The molecule has 0 saturated heterocycles. The van der Waals surface area contributed by atoms with Gasteiger partial charge < -0.3 is 15.8 Å². The Bertz CT molecular complexity index is 225. The van der Waals surface area contributed by atoms with Crippen molar-refractivity contribution >= 4 is 6.03 Å². The lowest BCUT2D eigenvalue weighted by Gasteiger charge is -2.29. The second kappa shape index (κ2) is 6.09. The number of nitrogens with two attached hydrogens (primary N) is 1. The van der Waals surface area contributed by atoms with Gasteiger partial charge in [-0.1, -0.05) is 13.3 Å². The molecule has 0 radical (unpaired) electrons. The van der Waals surface area contributed by atoms with E-state index in [4.69, 9.17) is 10.5 Å². The number of urea groups is 1. The molecular formula is C12H26N2O2. The quantitative estimate of drug-likeness (QED) is 0.705. The average molecular weight is 230 g/mol. The Morgan fingerprint density at radius 1 is 1.25 bits per heavy atom. The Morgan fingerprint density at radius 3 is 2.25 bits per heavy atom. The first-order valence-electron chi connectivity index (χ1n) is 5.90. The van der Waals surface area contributed by atoms with Crippen LogP contribution >= 0.6 is 0 Å². The summed E-state index contributed by atoms with van der Waals surface area (Å²) < 4.78 is 5.80. The van der Waals surface area contributed by atoms with E-state index in [2.05, 4.69) is 26.1 Å². The van der Waals surface area contributed by atoms with Crippen molar-refractivity contribution in [2.75, 3.05) is 6.61 Å². The maximum Gasteiger partial charge on any atom is 0.312 e. The van der Waals surface area contributed by atoms with Crippen molar-refractivity contribution in [1.82, 2.24) is 5.32 Å². The van der Waals surface area contributed by atoms with Crippen molar-refractivity contribution in [2.45, 2.75) is 65.0 Å². The molecule has 0 heterocycles. The van der Waals surface area contributed by atoms with Gasteiger partial charge in [0.25, 0.3) is 0 Å². The van der Waals surface area contributed by atoms with Gasteiger partial charge in [0.1, 0.15) is 0 Å². The standard InChI is InChI=1S/C12H26N2O2/c1-6-7-12(4,5)16-9-8-11(2,3)14-10(13)15/h6-9H2,1-5H3,(H3,13,14,15). The van der Waals surface area contributed by atoms with Crippen LogP contribution in [0.5, 0.6) is 0 Å². The molecule has 0 aromatic heterocycles. The fourth-order valence-electron chi connectivity index (χ4n) is 1.65. The van der Waals surface area contributed by atoms with Crippen molar-refractivity contribution in [3.63, 3.8) is 0 Å². The van der Waals surface area contributed by atoms with Crippen molar-refractivity contribution in [1.29, 1.82) is 0 Å². The summed E-state index contributed by atoms with van der Waals surface area (Å²) in [6.45, 7) is 10.8. The third kappa shape index (κ3) is 7.51. The first-order valence-corrected chi connectivity index (χ1v) is 5.90. The highest BCUT2D eigenvalue weighted by molar-refractivity contribution is 5.72. The number of carbonyl (C=O) groups excluding carboxylic acids is 1. The Morgan fingerprint density at radius 2 is 1.81 bits per heavy atom. The molecule has 4 heteroatoms. The van der Waals surface area contributed by atoms with E-state index in [1.807, 2.05) is 13.8 Å². The number of nitrogens with one attached hydrogen (secondary N) is 1. The van der Waals surface area contributed by atoms with Crippen molar-refractivity contribution < 1.29 is 9.53 Å². The van der Waals surface area contributed by atoms with E-state index in [9.17, 15) is 4.79 Å². The normalized spacial score (nSPS) is 12.6. The maximum absolute atomic E-state index is 10.7. The molecule has 3 N–H and O–H groups in total. The molecule has 0 spiro atoms. The van der Waals surface area contributed by atoms with E-state index in [-0.39, 0.29) is 11.1 Å². The molecule has 96 valence electrons. The maximum atomic E-state index is 10.7. The molecule has 0 aliphatic heterocycles. The van der Waals surface area contributed by atoms with E-state index in [1.54, 1.807) is 0 Å². The van der Waals surface area contributed by atoms with Gasteiger partial charge in [-0.25, -0.2) is 4.79 Å². The highest BCUT2D eigenvalue weighted by Gasteiger charge is 2.22. The molecule has 0 bridgehead atoms. The number of amides is 2. The third-order valence-corrected chi connectivity index (χ3v) is 2.53. The number of carbonyl (C=O) groups is 1. The summed E-state index contributed by atoms with van der Waals surface area (Å²) >= 11 is 0. The van der Waals surface area contributed by atoms with E-state index in [0.29, 0.717) is 6.61 Å². The van der Waals surface area contributed by atoms with Gasteiger partial charge in [-0.3, -0.25) is 0 Å². The minimum absolute atomic E-state index is 0.0858. The van der Waals surface area contributed by atoms with Crippen molar-refractivity contribution in [3.05, 3.63) is 0 Å². The van der Waals surface area contributed by atoms with Gasteiger partial charge in [-0.2, -0.15) is 0 Å². The summed E-state index contributed by atoms with van der Waals surface area (Å²) in [5, 5.41) is 2.70. The molecule has 2 amide bonds. The largest absolute Gasteiger partial charge is 0.375 e. The van der Waals surface area contributed by atoms with Crippen LogP contribution in [-0.2, 0) is 4.74 Å². The molecular weight excluding hydrogens is 204 g/mol. The minimum Gasteiger partial charge on any atom is -0.375 e. The molecule has 16 heavy (non-hydrogen) atoms. The lowest BCUT2D eigenvalue weighted by Crippen LogP contribution is -2.47. The van der Waals surface area contributed by atoms with Gasteiger partial charge in [0.15, 0.2) is 0 Å². The highest BCUT2D eigenvalue weighted by atomic mass is 16.5. The summed E-state index contributed by atoms with van der Waals surface area (Å²) in [7, 11) is 0. The molecule has 0 atom stereocenters. The van der Waals surface area contributed by atoms with Crippen LogP contribution in [0, 0.1) is 0 Å². The lowest BCUT2D eigenvalue weighted by atomic mass is 10.0. The smallest absolute Gasteiger partial charge is 0.312 e. The molecule has 0 saturated carbocycles. The average Bonchev–Trinajstić information content (AvgIpc) is 1.99. The van der Waals surface area contributed by atoms with E-state index in [1.165, 1.54) is 0 Å². The molecule has 0 aliphatic carbocycles. The predicted molar refractivity (Wildman–Crippen MR) is 66.4 cm³/mol. The Balaban J connectivity index is 3.92. The first-order chi connectivity index (χ1) is 7.18. The molecule has 0 unspecified atom stereocenters. The van der Waals surface area contributed by atoms with E-state index < -0.39 is 6.03 Å². The zero-order valence-electron chi connectivity index (χ0n) is 11.2. The second-order valence-corrected chi connectivity index (χ2v) is 5.48. The number of primary amides is 1. The van der Waals surface area contributed by atoms with Crippen LogP contribution in [0.1, 0.15) is 53.9 Å². The molecule has 0 aromatic carbocycles. The number of ether oxygens (including phenoxy) is 1. The molecule has 0 aromatic rings. The van der Waals surface area contributed by atoms with Gasteiger partial charge in [0.2, 0.25) is 0 Å². The summed E-state index contributed by atoms with van der Waals surface area (Å²) in [5.41, 5.74) is 4.70. The van der Waals surface area contributed by atoms with Gasteiger partial charge in [0, 0.05) is 12.1 Å². The fraction of sp³-hybridized carbons (Fsp3) is 0.917. The van der Waals surface area contributed by atoms with E-state index >= 15 is 0 Å². The Labute approximate surface area is 98.9 Å². The van der Waals surface area contributed by atoms with Gasteiger partial charge in [-0.05, 0) is 40.5 Å². The first kappa shape index (κ1) is 15.2. The SMILES string of the molecule is CCCC(C)(C)OCCC(C)(C)NC(N)=O. The van der Waals surface area contributed by atoms with Gasteiger partial charge in [0.05, 0.1) is 5.60 Å². The Kier molecular flexibility index (Phi) is 5.79. The predicted octanol–water partition coefficient (Wildman–Crippen LogP) is 2.42. The monoisotopic (exact) mass is 230 g/mol. The molecule has 0 rings (SSSR count). The van der Waals surface area contributed by atoms with Crippen LogP contribution in [-0.4, -0.2) is 23.8 Å². The molecule has 0 fully saturated rings. The number of hydrogen-bond donors (Lipinski definition) is 2. The van der Waals surface area contributed by atoms with Crippen LogP contribution in [0.2, 0.25) is 0 Å². The molecule has 0 aliphatic rings. The summed E-state index contributed by atoms with van der Waals surface area (Å²) in [6.07, 6.45) is 2.90. The Hall–Kier alpha value is -0.770. The summed E-state index contributed by atoms with van der Waals surface area (Å²) in [5.74, 6) is 0. The second-order valence-electron chi connectivity index (χ2n) is 5.48. The van der Waals surface area contributed by atoms with Crippen LogP contribution in [0.4, 0.5) is 4.79 Å². The van der Waals surface area contributed by atoms with Crippen LogP contribution in [0.25, 0.3) is 0 Å². The minimum atomic E-state index is -0.488. The zero-order chi connectivity index (χ0) is 12.8. The van der Waals surface area contributed by atoms with Gasteiger partial charge in [-0.15, -0.1) is 0 Å². The van der Waals surface area contributed by atoms with Crippen LogP contribution in [0.3, 0.4) is 0 Å². The van der Waals surface area contributed by atoms with Crippen LogP contribution < -0.4 is 11.1 Å². The zero-order valence-corrected chi connectivity index (χ0v) is 11.2. The third-order valence-electron chi connectivity index (χ3n) is 2.53. The summed E-state index contributed by atoms with van der Waals surface area (Å²) in [6, 6.07) is -0.488. The molecule has 4 nitrogen and oxygen atoms in total.